The van der Waals surface area contributed by atoms with Crippen molar-refractivity contribution in [2.75, 3.05) is 5.73 Å². The molecule has 2 aliphatic rings. The summed E-state index contributed by atoms with van der Waals surface area (Å²) in [4.78, 5) is 38.3. The third-order valence-electron chi connectivity index (χ3n) is 6.01. The highest BCUT2D eigenvalue weighted by atomic mass is 16.5. The molecule has 1 unspecified atom stereocenters. The molecule has 0 bridgehead atoms. The van der Waals surface area contributed by atoms with Crippen molar-refractivity contribution in [3.05, 3.63) is 86.2 Å². The van der Waals surface area contributed by atoms with E-state index >= 15 is 0 Å². The van der Waals surface area contributed by atoms with E-state index in [9.17, 15) is 14.4 Å². The van der Waals surface area contributed by atoms with Crippen LogP contribution in [0.2, 0.25) is 0 Å². The third-order valence-corrected chi connectivity index (χ3v) is 6.01. The zero-order chi connectivity index (χ0) is 22.1. The fourth-order valence-corrected chi connectivity index (χ4v) is 4.48. The van der Waals surface area contributed by atoms with Gasteiger partial charge in [0.25, 0.3) is 0 Å². The molecule has 5 rings (SSSR count). The summed E-state index contributed by atoms with van der Waals surface area (Å²) in [5.41, 5.74) is 7.59. The number of benzene rings is 2. The molecule has 1 atom stereocenters. The number of aromatic nitrogens is 3. The predicted molar refractivity (Wildman–Crippen MR) is 116 cm³/mol. The van der Waals surface area contributed by atoms with Gasteiger partial charge in [0.2, 0.25) is 0 Å². The molecule has 2 aliphatic heterocycles. The van der Waals surface area contributed by atoms with Crippen LogP contribution in [0.15, 0.2) is 63.7 Å². The minimum atomic E-state index is -0.669. The van der Waals surface area contributed by atoms with Crippen LogP contribution in [0.5, 0.6) is 5.75 Å². The third kappa shape index (κ3) is 2.71. The van der Waals surface area contributed by atoms with Crippen LogP contribution in [0.25, 0.3) is 5.69 Å². The van der Waals surface area contributed by atoms with Crippen molar-refractivity contribution in [3.8, 4) is 11.4 Å². The van der Waals surface area contributed by atoms with Crippen LogP contribution in [-0.2, 0) is 6.54 Å². The maximum Gasteiger partial charge on any atom is 0.352 e. The lowest BCUT2D eigenvalue weighted by atomic mass is 9.83. The highest BCUT2D eigenvalue weighted by molar-refractivity contribution is 5.94. The minimum absolute atomic E-state index is 0.0825. The highest BCUT2D eigenvalue weighted by Gasteiger charge is 2.43. The maximum atomic E-state index is 13.5. The van der Waals surface area contributed by atoms with E-state index in [0.717, 1.165) is 15.7 Å². The second-order valence-electron chi connectivity index (χ2n) is 8.40. The van der Waals surface area contributed by atoms with Crippen molar-refractivity contribution in [1.29, 1.82) is 0 Å². The van der Waals surface area contributed by atoms with Crippen LogP contribution in [0.4, 0.5) is 5.69 Å². The molecular formula is C23H22N4O4. The van der Waals surface area contributed by atoms with Crippen LogP contribution < -0.4 is 21.9 Å². The van der Waals surface area contributed by atoms with E-state index in [1.54, 1.807) is 36.4 Å². The largest absolute Gasteiger partial charge is 0.483 e. The topological polar surface area (TPSA) is 101 Å². The van der Waals surface area contributed by atoms with E-state index in [2.05, 4.69) is 0 Å². The van der Waals surface area contributed by atoms with E-state index in [0.29, 0.717) is 22.7 Å². The quantitative estimate of drug-likeness (QED) is 0.391. The van der Waals surface area contributed by atoms with Gasteiger partial charge in [0, 0.05) is 22.9 Å². The first kappa shape index (κ1) is 19.2. The van der Waals surface area contributed by atoms with Gasteiger partial charge in [0.1, 0.15) is 17.4 Å². The van der Waals surface area contributed by atoms with Crippen molar-refractivity contribution >= 4 is 11.5 Å². The summed E-state index contributed by atoms with van der Waals surface area (Å²) in [6, 6.07) is 11.3. The Hall–Kier alpha value is -3.81. The SMILES string of the molecule is CC(=O)c1ccc(-n2c(=O)n3n(c2=O)C2C(=CC3)C(C)(C)Oc3cc(N)ccc32)cc1. The normalized spacial score (nSPS) is 18.3. The van der Waals surface area contributed by atoms with Crippen molar-refractivity contribution in [1.82, 2.24) is 13.9 Å². The summed E-state index contributed by atoms with van der Waals surface area (Å²) >= 11 is 0. The Morgan fingerprint density at radius 2 is 1.81 bits per heavy atom. The van der Waals surface area contributed by atoms with Crippen molar-refractivity contribution in [3.63, 3.8) is 0 Å². The van der Waals surface area contributed by atoms with E-state index < -0.39 is 23.0 Å². The lowest BCUT2D eigenvalue weighted by molar-refractivity contribution is 0.101. The molecule has 0 spiro atoms. The minimum Gasteiger partial charge on any atom is -0.483 e. The standard InChI is InChI=1S/C23H22N4O4/c1-13(28)14-4-7-16(8-5-14)26-21(29)25-11-10-18-20(27(25)22(26)30)17-9-6-15(24)12-19(17)31-23(18,2)3/h4-10,12,20H,11,24H2,1-3H3. The monoisotopic (exact) mass is 418 g/mol. The Bertz CT molecular complexity index is 1390. The lowest BCUT2D eigenvalue weighted by Gasteiger charge is -2.42. The molecule has 0 radical (unpaired) electrons. The fourth-order valence-electron chi connectivity index (χ4n) is 4.48. The number of Topliss-reactive ketones (excluding diaryl/α,β-unsaturated/α-hetero) is 1. The molecule has 0 fully saturated rings. The van der Waals surface area contributed by atoms with Gasteiger partial charge in [-0.05, 0) is 56.7 Å². The number of anilines is 1. The van der Waals surface area contributed by atoms with Crippen molar-refractivity contribution in [2.45, 2.75) is 39.0 Å². The molecule has 0 amide bonds. The smallest absolute Gasteiger partial charge is 0.352 e. The van der Waals surface area contributed by atoms with Gasteiger partial charge in [-0.3, -0.25) is 4.79 Å². The molecule has 3 aromatic rings. The molecule has 0 aliphatic carbocycles. The zero-order valence-corrected chi connectivity index (χ0v) is 17.5. The Labute approximate surface area is 177 Å². The number of ether oxygens (including phenoxy) is 1. The number of fused-ring (bicyclic) bond motifs is 5. The van der Waals surface area contributed by atoms with Crippen LogP contribution in [0, 0.1) is 0 Å². The average molecular weight is 418 g/mol. The maximum absolute atomic E-state index is 13.5. The van der Waals surface area contributed by atoms with E-state index in [1.807, 2.05) is 26.0 Å². The second kappa shape index (κ2) is 6.34. The number of nitrogen functional groups attached to an aromatic ring is 1. The first-order chi connectivity index (χ1) is 14.7. The van der Waals surface area contributed by atoms with Gasteiger partial charge in [-0.25, -0.2) is 23.5 Å². The second-order valence-corrected chi connectivity index (χ2v) is 8.40. The van der Waals surface area contributed by atoms with Gasteiger partial charge in [-0.15, -0.1) is 0 Å². The Morgan fingerprint density at radius 1 is 1.10 bits per heavy atom. The summed E-state index contributed by atoms with van der Waals surface area (Å²) in [5, 5.41) is 0. The molecule has 8 heteroatoms. The summed E-state index contributed by atoms with van der Waals surface area (Å²) in [5.74, 6) is 0.513. The number of nitrogens with two attached hydrogens (primary N) is 1. The van der Waals surface area contributed by atoms with E-state index in [1.165, 1.54) is 16.3 Å². The van der Waals surface area contributed by atoms with Gasteiger partial charge in [0.15, 0.2) is 5.78 Å². The Morgan fingerprint density at radius 3 is 2.48 bits per heavy atom. The van der Waals surface area contributed by atoms with Gasteiger partial charge in [-0.1, -0.05) is 12.1 Å². The number of hydrogen-bond acceptors (Lipinski definition) is 5. The van der Waals surface area contributed by atoms with E-state index in [4.69, 9.17) is 10.5 Å². The molecule has 2 aromatic carbocycles. The van der Waals surface area contributed by atoms with Crippen LogP contribution >= 0.6 is 0 Å². The van der Waals surface area contributed by atoms with Crippen LogP contribution in [-0.4, -0.2) is 25.3 Å². The summed E-state index contributed by atoms with van der Waals surface area (Å²) in [6.45, 7) is 5.61. The van der Waals surface area contributed by atoms with Crippen molar-refractivity contribution in [2.24, 2.45) is 0 Å². The molecule has 31 heavy (non-hydrogen) atoms. The summed E-state index contributed by atoms with van der Waals surface area (Å²) in [7, 11) is 0. The van der Waals surface area contributed by atoms with Gasteiger partial charge in [0.05, 0.1) is 12.2 Å². The number of hydrogen-bond donors (Lipinski definition) is 1. The van der Waals surface area contributed by atoms with Gasteiger partial charge >= 0.3 is 11.4 Å². The molecule has 3 heterocycles. The Balaban J connectivity index is 1.74. The van der Waals surface area contributed by atoms with Gasteiger partial charge < -0.3 is 10.5 Å². The average Bonchev–Trinajstić information content (AvgIpc) is 2.97. The predicted octanol–water partition coefficient (Wildman–Crippen LogP) is 2.29. The highest BCUT2D eigenvalue weighted by Crippen LogP contribution is 2.46. The van der Waals surface area contributed by atoms with E-state index in [-0.39, 0.29) is 12.3 Å². The summed E-state index contributed by atoms with van der Waals surface area (Å²) < 4.78 is 10.3. The number of allylic oxidation sites excluding steroid dienone is 1. The molecule has 0 saturated carbocycles. The zero-order valence-electron chi connectivity index (χ0n) is 17.5. The lowest BCUT2D eigenvalue weighted by Crippen LogP contribution is -2.46. The molecule has 0 saturated heterocycles. The van der Waals surface area contributed by atoms with Crippen molar-refractivity contribution < 1.29 is 9.53 Å². The van der Waals surface area contributed by atoms with Gasteiger partial charge in [-0.2, -0.15) is 0 Å². The molecule has 2 N–H and O–H groups in total. The Kier molecular flexibility index (Phi) is 3.92. The number of carbonyl (C=O) groups is 1. The summed E-state index contributed by atoms with van der Waals surface area (Å²) in [6.07, 6.45) is 1.95. The molecule has 158 valence electrons. The first-order valence-electron chi connectivity index (χ1n) is 10.0. The number of nitrogens with zero attached hydrogens (tertiary/aromatic N) is 3. The number of carbonyl (C=O) groups excluding carboxylic acids is 1. The molecular weight excluding hydrogens is 396 g/mol. The van der Waals surface area contributed by atoms with Crippen LogP contribution in [0.3, 0.4) is 0 Å². The number of ketones is 1. The van der Waals surface area contributed by atoms with Crippen LogP contribution in [0.1, 0.15) is 42.7 Å². The molecule has 8 nitrogen and oxygen atoms in total. The number of rotatable bonds is 2. The first-order valence-corrected chi connectivity index (χ1v) is 10.0. The fraction of sp³-hybridized carbons (Fsp3) is 0.261. The molecule has 1 aromatic heterocycles.